The molecule has 2 fully saturated rings. The first-order valence-corrected chi connectivity index (χ1v) is 7.72. The molecule has 7 heteroatoms. The Hall–Kier alpha value is -0.460. The summed E-state index contributed by atoms with van der Waals surface area (Å²) in [5, 5.41) is 0. The molecule has 2 aliphatic rings. The van der Waals surface area contributed by atoms with Crippen molar-refractivity contribution in [3.05, 3.63) is 23.8 Å². The third-order valence-corrected chi connectivity index (χ3v) is 5.26. The summed E-state index contributed by atoms with van der Waals surface area (Å²) in [5.74, 6) is 1.42. The Morgan fingerprint density at radius 3 is 2.48 bits per heavy atom. The fourth-order valence-electron chi connectivity index (χ4n) is 3.68. The van der Waals surface area contributed by atoms with Gasteiger partial charge in [-0.3, -0.25) is 4.90 Å². The van der Waals surface area contributed by atoms with Gasteiger partial charge >= 0.3 is 0 Å². The lowest BCUT2D eigenvalue weighted by Gasteiger charge is -2.36. The number of likely N-dealkylation sites (tertiary alicyclic amines) is 1. The zero-order valence-corrected chi connectivity index (χ0v) is 14.1. The van der Waals surface area contributed by atoms with Crippen LogP contribution < -0.4 is 5.73 Å². The van der Waals surface area contributed by atoms with Crippen molar-refractivity contribution in [2.24, 2.45) is 17.6 Å². The molecule has 1 unspecified atom stereocenters. The summed E-state index contributed by atoms with van der Waals surface area (Å²) in [6.07, 6.45) is 2.63. The number of halogens is 2. The van der Waals surface area contributed by atoms with E-state index in [0.717, 1.165) is 30.7 Å². The van der Waals surface area contributed by atoms with Crippen molar-refractivity contribution in [3.63, 3.8) is 0 Å². The van der Waals surface area contributed by atoms with Crippen LogP contribution >= 0.6 is 36.5 Å². The lowest BCUT2D eigenvalue weighted by Crippen LogP contribution is -2.48. The molecule has 2 N–H and O–H groups in total. The molecule has 116 valence electrons. The summed E-state index contributed by atoms with van der Waals surface area (Å²) in [6, 6.07) is 6.88. The highest BCUT2D eigenvalue weighted by Gasteiger charge is 2.39. The summed E-state index contributed by atoms with van der Waals surface area (Å²) >= 11 is 1.29. The molecule has 1 aromatic heterocycles. The highest BCUT2D eigenvalue weighted by atomic mass is 35.5. The van der Waals surface area contributed by atoms with Gasteiger partial charge in [0.2, 0.25) is 0 Å². The number of hydrogen-bond donors (Lipinski definition) is 1. The molecule has 4 nitrogen and oxygen atoms in total. The van der Waals surface area contributed by atoms with E-state index in [1.54, 1.807) is 0 Å². The SMILES string of the molecule is Cl.Cl.NC1[C@@H]2CC[C@H]1CN(Cc1ccc3nsnc3c1)C2. The van der Waals surface area contributed by atoms with E-state index >= 15 is 0 Å². The van der Waals surface area contributed by atoms with Gasteiger partial charge in [0.15, 0.2) is 0 Å². The van der Waals surface area contributed by atoms with Crippen molar-refractivity contribution < 1.29 is 0 Å². The maximum absolute atomic E-state index is 6.26. The average Bonchev–Trinajstić information content (AvgIpc) is 2.92. The van der Waals surface area contributed by atoms with Crippen LogP contribution in [0.25, 0.3) is 11.0 Å². The van der Waals surface area contributed by atoms with E-state index < -0.39 is 0 Å². The van der Waals surface area contributed by atoms with E-state index in [2.05, 4.69) is 31.8 Å². The Labute approximate surface area is 141 Å². The molecule has 1 aromatic carbocycles. The van der Waals surface area contributed by atoms with Crippen LogP contribution in [0.4, 0.5) is 0 Å². The number of fused-ring (bicyclic) bond motifs is 3. The van der Waals surface area contributed by atoms with Gasteiger partial charge in [0, 0.05) is 25.7 Å². The van der Waals surface area contributed by atoms with Gasteiger partial charge in [-0.2, -0.15) is 8.75 Å². The molecule has 2 aromatic rings. The van der Waals surface area contributed by atoms with Crippen molar-refractivity contribution in [1.29, 1.82) is 0 Å². The molecule has 2 bridgehead atoms. The first kappa shape index (κ1) is 16.9. The third-order valence-electron chi connectivity index (χ3n) is 4.71. The molecule has 2 heterocycles. The van der Waals surface area contributed by atoms with E-state index in [9.17, 15) is 0 Å². The molecule has 4 rings (SSSR count). The normalized spacial score (nSPS) is 28.1. The maximum Gasteiger partial charge on any atom is 0.105 e. The number of hydrogen-bond acceptors (Lipinski definition) is 5. The van der Waals surface area contributed by atoms with Crippen molar-refractivity contribution in [3.8, 4) is 0 Å². The van der Waals surface area contributed by atoms with Crippen LogP contribution in [0.3, 0.4) is 0 Å². The number of nitrogens with two attached hydrogens (primary N) is 1. The van der Waals surface area contributed by atoms with E-state index in [1.165, 1.54) is 30.1 Å². The van der Waals surface area contributed by atoms with Crippen LogP contribution in [-0.4, -0.2) is 32.8 Å². The summed E-state index contributed by atoms with van der Waals surface area (Å²) in [7, 11) is 0. The van der Waals surface area contributed by atoms with E-state index in [0.29, 0.717) is 17.9 Å². The van der Waals surface area contributed by atoms with Crippen LogP contribution in [0.15, 0.2) is 18.2 Å². The second-order valence-corrected chi connectivity index (χ2v) is 6.48. The van der Waals surface area contributed by atoms with E-state index in [-0.39, 0.29) is 24.8 Å². The minimum Gasteiger partial charge on any atom is -0.327 e. The van der Waals surface area contributed by atoms with Gasteiger partial charge in [0.25, 0.3) is 0 Å². The highest BCUT2D eigenvalue weighted by molar-refractivity contribution is 7.00. The second kappa shape index (κ2) is 6.75. The smallest absolute Gasteiger partial charge is 0.105 e. The zero-order chi connectivity index (χ0) is 12.8. The molecule has 0 radical (unpaired) electrons. The van der Waals surface area contributed by atoms with Gasteiger partial charge in [-0.05, 0) is 42.4 Å². The summed E-state index contributed by atoms with van der Waals surface area (Å²) in [5.41, 5.74) is 9.64. The van der Waals surface area contributed by atoms with Crippen molar-refractivity contribution in [2.45, 2.75) is 25.4 Å². The van der Waals surface area contributed by atoms with Gasteiger partial charge in [0.05, 0.1) is 11.7 Å². The minimum atomic E-state index is 0. The molecular formula is C14H20Cl2N4S. The van der Waals surface area contributed by atoms with Crippen molar-refractivity contribution >= 4 is 47.6 Å². The van der Waals surface area contributed by atoms with Crippen LogP contribution in [0, 0.1) is 11.8 Å². The number of benzene rings is 1. The highest BCUT2D eigenvalue weighted by Crippen LogP contribution is 2.36. The molecule has 0 spiro atoms. The predicted molar refractivity (Wildman–Crippen MR) is 91.4 cm³/mol. The molecule has 3 atom stereocenters. The van der Waals surface area contributed by atoms with Crippen LogP contribution in [0.1, 0.15) is 18.4 Å². The van der Waals surface area contributed by atoms with E-state index in [4.69, 9.17) is 5.73 Å². The van der Waals surface area contributed by atoms with Crippen LogP contribution in [-0.2, 0) is 6.54 Å². The zero-order valence-electron chi connectivity index (χ0n) is 11.6. The standard InChI is InChI=1S/C14H18N4S.2ClH/c15-14-10-2-3-11(14)8-18(7-10)6-9-1-4-12-13(5-9)17-19-16-12;;/h1,4-5,10-11,14H,2-3,6-8,15H2;2*1H/t10-,11+,14?;;. The Bertz CT molecular complexity index is 591. The Morgan fingerprint density at radius 1 is 1.10 bits per heavy atom. The average molecular weight is 347 g/mol. The summed E-state index contributed by atoms with van der Waals surface area (Å²) in [4.78, 5) is 2.56. The topological polar surface area (TPSA) is 55.0 Å². The third kappa shape index (κ3) is 3.17. The van der Waals surface area contributed by atoms with Crippen molar-refractivity contribution in [1.82, 2.24) is 13.6 Å². The van der Waals surface area contributed by atoms with Crippen LogP contribution in [0.5, 0.6) is 0 Å². The second-order valence-electron chi connectivity index (χ2n) is 5.96. The van der Waals surface area contributed by atoms with Crippen LogP contribution in [0.2, 0.25) is 0 Å². The predicted octanol–water partition coefficient (Wildman–Crippen LogP) is 2.70. The van der Waals surface area contributed by atoms with Gasteiger partial charge in [-0.1, -0.05) is 6.07 Å². The molecule has 21 heavy (non-hydrogen) atoms. The quantitative estimate of drug-likeness (QED) is 0.908. The Kier molecular flexibility index (Phi) is 5.43. The molecule has 1 saturated carbocycles. The molecule has 0 amide bonds. The van der Waals surface area contributed by atoms with Gasteiger partial charge in [0.1, 0.15) is 11.0 Å². The summed E-state index contributed by atoms with van der Waals surface area (Å²) < 4.78 is 8.57. The monoisotopic (exact) mass is 346 g/mol. The fourth-order valence-corrected chi connectivity index (χ4v) is 4.19. The maximum atomic E-state index is 6.26. The van der Waals surface area contributed by atoms with E-state index in [1.807, 2.05) is 0 Å². The first-order valence-electron chi connectivity index (χ1n) is 6.99. The number of piperidine rings is 1. The lowest BCUT2D eigenvalue weighted by atomic mass is 9.93. The largest absolute Gasteiger partial charge is 0.327 e. The Morgan fingerprint density at radius 2 is 1.76 bits per heavy atom. The number of nitrogens with zero attached hydrogens (tertiary/aromatic N) is 3. The molecule has 1 aliphatic heterocycles. The van der Waals surface area contributed by atoms with Crippen molar-refractivity contribution in [2.75, 3.05) is 13.1 Å². The van der Waals surface area contributed by atoms with Gasteiger partial charge in [-0.25, -0.2) is 0 Å². The van der Waals surface area contributed by atoms with Gasteiger partial charge in [-0.15, -0.1) is 24.8 Å². The number of aromatic nitrogens is 2. The summed E-state index contributed by atoms with van der Waals surface area (Å²) in [6.45, 7) is 3.34. The minimum absolute atomic E-state index is 0. The Balaban J connectivity index is 0.000000807. The molecular weight excluding hydrogens is 327 g/mol. The fraction of sp³-hybridized carbons (Fsp3) is 0.571. The molecule has 1 aliphatic carbocycles. The first-order chi connectivity index (χ1) is 9.29. The van der Waals surface area contributed by atoms with Gasteiger partial charge < -0.3 is 5.73 Å². The lowest BCUT2D eigenvalue weighted by molar-refractivity contribution is 0.140. The molecule has 1 saturated heterocycles. The number of rotatable bonds is 2.